The Morgan fingerprint density at radius 1 is 1.45 bits per heavy atom. The first-order chi connectivity index (χ1) is 9.40. The molecule has 1 heterocycles. The molecule has 1 aromatic heterocycles. The molecule has 0 aliphatic rings. The molecule has 0 unspecified atom stereocenters. The summed E-state index contributed by atoms with van der Waals surface area (Å²) in [7, 11) is 0. The number of hydrogen-bond acceptors (Lipinski definition) is 3. The summed E-state index contributed by atoms with van der Waals surface area (Å²) < 4.78 is 0. The molecule has 0 spiro atoms. The quantitative estimate of drug-likeness (QED) is 0.829. The van der Waals surface area contributed by atoms with Crippen LogP contribution in [0.4, 0.5) is 4.79 Å². The SMILES string of the molecule is Cc1cccnc1CNC(=O)N(CC(=O)O)CC(C)C. The average Bonchev–Trinajstić information content (AvgIpc) is 2.35. The van der Waals surface area contributed by atoms with Gasteiger partial charge in [0.2, 0.25) is 0 Å². The van der Waals surface area contributed by atoms with E-state index in [-0.39, 0.29) is 18.5 Å². The van der Waals surface area contributed by atoms with Crippen molar-refractivity contribution in [3.63, 3.8) is 0 Å². The van der Waals surface area contributed by atoms with E-state index in [1.807, 2.05) is 32.9 Å². The molecule has 0 saturated carbocycles. The number of urea groups is 1. The molecule has 1 rings (SSSR count). The number of pyridine rings is 1. The largest absolute Gasteiger partial charge is 0.480 e. The lowest BCUT2D eigenvalue weighted by molar-refractivity contribution is -0.137. The fourth-order valence-corrected chi connectivity index (χ4v) is 1.80. The van der Waals surface area contributed by atoms with Crippen LogP contribution < -0.4 is 5.32 Å². The molecule has 0 fully saturated rings. The van der Waals surface area contributed by atoms with E-state index in [1.165, 1.54) is 4.90 Å². The first-order valence-corrected chi connectivity index (χ1v) is 6.55. The molecule has 0 bridgehead atoms. The Labute approximate surface area is 118 Å². The first-order valence-electron chi connectivity index (χ1n) is 6.55. The summed E-state index contributed by atoms with van der Waals surface area (Å²) >= 11 is 0. The van der Waals surface area contributed by atoms with E-state index in [0.29, 0.717) is 13.1 Å². The monoisotopic (exact) mass is 279 g/mol. The summed E-state index contributed by atoms with van der Waals surface area (Å²) in [5.41, 5.74) is 1.77. The van der Waals surface area contributed by atoms with Crippen LogP contribution in [0.2, 0.25) is 0 Å². The number of carboxylic acids is 1. The third-order valence-corrected chi connectivity index (χ3v) is 2.72. The normalized spacial score (nSPS) is 10.4. The molecule has 2 N–H and O–H groups in total. The number of amides is 2. The van der Waals surface area contributed by atoms with Crippen molar-refractivity contribution in [2.75, 3.05) is 13.1 Å². The number of carboxylic acid groups (broad SMARTS) is 1. The van der Waals surface area contributed by atoms with Crippen molar-refractivity contribution in [1.29, 1.82) is 0 Å². The minimum atomic E-state index is -1.02. The van der Waals surface area contributed by atoms with Crippen molar-refractivity contribution in [3.8, 4) is 0 Å². The summed E-state index contributed by atoms with van der Waals surface area (Å²) in [5.74, 6) is -0.813. The average molecular weight is 279 g/mol. The van der Waals surface area contributed by atoms with E-state index < -0.39 is 5.97 Å². The Morgan fingerprint density at radius 3 is 2.70 bits per heavy atom. The van der Waals surface area contributed by atoms with Crippen molar-refractivity contribution in [2.24, 2.45) is 5.92 Å². The van der Waals surface area contributed by atoms with E-state index >= 15 is 0 Å². The minimum absolute atomic E-state index is 0.205. The molecule has 0 aliphatic heterocycles. The Balaban J connectivity index is 2.62. The van der Waals surface area contributed by atoms with Crippen LogP contribution >= 0.6 is 0 Å². The van der Waals surface area contributed by atoms with Crippen molar-refractivity contribution in [2.45, 2.75) is 27.3 Å². The minimum Gasteiger partial charge on any atom is -0.480 e. The summed E-state index contributed by atoms with van der Waals surface area (Å²) in [6.07, 6.45) is 1.66. The van der Waals surface area contributed by atoms with Crippen LogP contribution in [0.1, 0.15) is 25.1 Å². The van der Waals surface area contributed by atoms with Gasteiger partial charge >= 0.3 is 12.0 Å². The Kier molecular flexibility index (Phi) is 5.96. The maximum Gasteiger partial charge on any atom is 0.323 e. The second kappa shape index (κ2) is 7.47. The number of carbonyl (C=O) groups excluding carboxylic acids is 1. The standard InChI is InChI=1S/C14H21N3O3/c1-10(2)8-17(9-13(18)19)14(20)16-7-12-11(3)5-4-6-15-12/h4-6,10H,7-9H2,1-3H3,(H,16,20)(H,18,19). The van der Waals surface area contributed by atoms with Crippen LogP contribution in [-0.2, 0) is 11.3 Å². The van der Waals surface area contributed by atoms with Gasteiger partial charge in [0, 0.05) is 12.7 Å². The number of carbonyl (C=O) groups is 2. The lowest BCUT2D eigenvalue weighted by Crippen LogP contribution is -2.44. The molecule has 0 atom stereocenters. The highest BCUT2D eigenvalue weighted by molar-refractivity contribution is 5.80. The predicted octanol–water partition coefficient (Wildman–Crippen LogP) is 1.64. The molecule has 20 heavy (non-hydrogen) atoms. The second-order valence-corrected chi connectivity index (χ2v) is 5.09. The van der Waals surface area contributed by atoms with Gasteiger partial charge < -0.3 is 15.3 Å². The van der Waals surface area contributed by atoms with Gasteiger partial charge in [0.25, 0.3) is 0 Å². The van der Waals surface area contributed by atoms with Gasteiger partial charge in [-0.1, -0.05) is 19.9 Å². The van der Waals surface area contributed by atoms with Gasteiger partial charge in [0.05, 0.1) is 12.2 Å². The number of nitrogens with zero attached hydrogens (tertiary/aromatic N) is 2. The van der Waals surface area contributed by atoms with Gasteiger partial charge in [-0.05, 0) is 24.5 Å². The van der Waals surface area contributed by atoms with Crippen LogP contribution in [0.3, 0.4) is 0 Å². The topological polar surface area (TPSA) is 82.5 Å². The number of nitrogens with one attached hydrogen (secondary N) is 1. The third-order valence-electron chi connectivity index (χ3n) is 2.72. The van der Waals surface area contributed by atoms with E-state index in [4.69, 9.17) is 5.11 Å². The van der Waals surface area contributed by atoms with Crippen molar-refractivity contribution in [3.05, 3.63) is 29.6 Å². The summed E-state index contributed by atoms with van der Waals surface area (Å²) in [5, 5.41) is 11.6. The molecule has 6 heteroatoms. The third kappa shape index (κ3) is 5.26. The summed E-state index contributed by atoms with van der Waals surface area (Å²) in [6.45, 7) is 6.18. The van der Waals surface area contributed by atoms with Crippen LogP contribution in [-0.4, -0.2) is 40.1 Å². The maximum atomic E-state index is 12.0. The van der Waals surface area contributed by atoms with Crippen LogP contribution in [0, 0.1) is 12.8 Å². The molecule has 2 amide bonds. The molecule has 0 aliphatic carbocycles. The maximum absolute atomic E-state index is 12.0. The number of aryl methyl sites for hydroxylation is 1. The summed E-state index contributed by atoms with van der Waals surface area (Å²) in [4.78, 5) is 28.3. The van der Waals surface area contributed by atoms with Crippen molar-refractivity contribution in [1.82, 2.24) is 15.2 Å². The zero-order chi connectivity index (χ0) is 15.1. The number of aliphatic carboxylic acids is 1. The van der Waals surface area contributed by atoms with Gasteiger partial charge in [0.15, 0.2) is 0 Å². The van der Waals surface area contributed by atoms with E-state index in [9.17, 15) is 9.59 Å². The molecule has 1 aromatic rings. The highest BCUT2D eigenvalue weighted by Gasteiger charge is 2.17. The van der Waals surface area contributed by atoms with Gasteiger partial charge in [-0.25, -0.2) is 4.79 Å². The van der Waals surface area contributed by atoms with E-state index in [2.05, 4.69) is 10.3 Å². The lowest BCUT2D eigenvalue weighted by Gasteiger charge is -2.23. The smallest absolute Gasteiger partial charge is 0.323 e. The lowest BCUT2D eigenvalue weighted by atomic mass is 10.2. The van der Waals surface area contributed by atoms with Gasteiger partial charge in [-0.3, -0.25) is 9.78 Å². The van der Waals surface area contributed by atoms with E-state index in [0.717, 1.165) is 11.3 Å². The first kappa shape index (κ1) is 15.9. The predicted molar refractivity (Wildman–Crippen MR) is 75.3 cm³/mol. The molecule has 0 aromatic carbocycles. The highest BCUT2D eigenvalue weighted by Crippen LogP contribution is 2.04. The summed E-state index contributed by atoms with van der Waals surface area (Å²) in [6, 6.07) is 3.36. The molecule has 6 nitrogen and oxygen atoms in total. The van der Waals surface area contributed by atoms with Gasteiger partial charge in [-0.2, -0.15) is 0 Å². The van der Waals surface area contributed by atoms with Crippen LogP contribution in [0.25, 0.3) is 0 Å². The molecule has 0 saturated heterocycles. The highest BCUT2D eigenvalue weighted by atomic mass is 16.4. The number of hydrogen-bond donors (Lipinski definition) is 2. The molecular formula is C14H21N3O3. The van der Waals surface area contributed by atoms with Crippen LogP contribution in [0.5, 0.6) is 0 Å². The Hall–Kier alpha value is -2.11. The number of aromatic nitrogens is 1. The van der Waals surface area contributed by atoms with E-state index in [1.54, 1.807) is 6.20 Å². The molecule has 110 valence electrons. The fourth-order valence-electron chi connectivity index (χ4n) is 1.80. The molecule has 0 radical (unpaired) electrons. The zero-order valence-electron chi connectivity index (χ0n) is 12.1. The Morgan fingerprint density at radius 2 is 2.15 bits per heavy atom. The molecular weight excluding hydrogens is 258 g/mol. The van der Waals surface area contributed by atoms with Gasteiger partial charge in [0.1, 0.15) is 6.54 Å². The van der Waals surface area contributed by atoms with Crippen molar-refractivity contribution < 1.29 is 14.7 Å². The Bertz CT molecular complexity index is 474. The second-order valence-electron chi connectivity index (χ2n) is 5.09. The van der Waals surface area contributed by atoms with Crippen LogP contribution in [0.15, 0.2) is 18.3 Å². The fraction of sp³-hybridized carbons (Fsp3) is 0.500. The van der Waals surface area contributed by atoms with Gasteiger partial charge in [-0.15, -0.1) is 0 Å². The van der Waals surface area contributed by atoms with Crippen molar-refractivity contribution >= 4 is 12.0 Å². The number of rotatable bonds is 6. The zero-order valence-corrected chi connectivity index (χ0v) is 12.1.